The van der Waals surface area contributed by atoms with Crippen LogP contribution in [-0.4, -0.2) is 30.1 Å². The number of halogens is 1. The maximum absolute atomic E-state index is 13.0. The van der Waals surface area contributed by atoms with Crippen molar-refractivity contribution in [1.29, 1.82) is 0 Å². The largest absolute Gasteiger partial charge is 0.478 e. The molecule has 3 N–H and O–H groups in total. The summed E-state index contributed by atoms with van der Waals surface area (Å²) >= 11 is 0. The molecule has 0 radical (unpaired) electrons. The third-order valence-corrected chi connectivity index (χ3v) is 3.12. The van der Waals surface area contributed by atoms with Crippen LogP contribution in [0.2, 0.25) is 0 Å². The Bertz CT molecular complexity index is 499. The summed E-state index contributed by atoms with van der Waals surface area (Å²) in [7, 11) is 0. The van der Waals surface area contributed by atoms with E-state index < -0.39 is 11.8 Å². The quantitative estimate of drug-likeness (QED) is 0.771. The predicted octanol–water partition coefficient (Wildman–Crippen LogP) is 1.46. The molecule has 6 heteroatoms. The van der Waals surface area contributed by atoms with Crippen LogP contribution in [0.1, 0.15) is 23.2 Å². The molecule has 102 valence electrons. The molecule has 5 nitrogen and oxygen atoms in total. The summed E-state index contributed by atoms with van der Waals surface area (Å²) in [5.41, 5.74) is -0.109. The molecule has 1 saturated heterocycles. The van der Waals surface area contributed by atoms with Crippen LogP contribution in [0.4, 0.5) is 10.1 Å². The first-order chi connectivity index (χ1) is 9.06. The maximum atomic E-state index is 13.0. The molecule has 1 amide bonds. The minimum absolute atomic E-state index is 0.129. The summed E-state index contributed by atoms with van der Waals surface area (Å²) in [6, 6.07) is 3.29. The molecule has 1 heterocycles. The summed E-state index contributed by atoms with van der Waals surface area (Å²) in [5.74, 6) is -1.88. The van der Waals surface area contributed by atoms with Gasteiger partial charge < -0.3 is 15.7 Å². The predicted molar refractivity (Wildman–Crippen MR) is 67.6 cm³/mol. The Morgan fingerprint density at radius 3 is 2.89 bits per heavy atom. The number of amides is 1. The van der Waals surface area contributed by atoms with Gasteiger partial charge >= 0.3 is 5.97 Å². The first kappa shape index (κ1) is 13.5. The summed E-state index contributed by atoms with van der Waals surface area (Å²) in [6.07, 6.45) is 1.27. The molecule has 1 unspecified atom stereocenters. The third kappa shape index (κ3) is 3.51. The Morgan fingerprint density at radius 1 is 1.47 bits per heavy atom. The fraction of sp³-hybridized carbons (Fsp3) is 0.385. The van der Waals surface area contributed by atoms with Crippen LogP contribution >= 0.6 is 0 Å². The molecular weight excluding hydrogens is 251 g/mol. The summed E-state index contributed by atoms with van der Waals surface area (Å²) in [5, 5.41) is 14.6. The zero-order valence-corrected chi connectivity index (χ0v) is 10.3. The lowest BCUT2D eigenvalue weighted by Crippen LogP contribution is -2.19. The van der Waals surface area contributed by atoms with Gasteiger partial charge in [0.25, 0.3) is 0 Å². The smallest absolute Gasteiger partial charge is 0.337 e. The summed E-state index contributed by atoms with van der Waals surface area (Å²) in [6.45, 7) is 1.69. The van der Waals surface area contributed by atoms with E-state index in [0.717, 1.165) is 31.6 Å². The lowest BCUT2D eigenvalue weighted by atomic mass is 10.0. The highest BCUT2D eigenvalue weighted by molar-refractivity contribution is 6.00. The number of hydrogen-bond donors (Lipinski definition) is 3. The van der Waals surface area contributed by atoms with Gasteiger partial charge in [-0.25, -0.2) is 9.18 Å². The van der Waals surface area contributed by atoms with E-state index in [-0.39, 0.29) is 23.1 Å². The molecule has 0 saturated carbocycles. The van der Waals surface area contributed by atoms with Gasteiger partial charge in [-0.15, -0.1) is 0 Å². The van der Waals surface area contributed by atoms with E-state index in [1.807, 2.05) is 0 Å². The summed E-state index contributed by atoms with van der Waals surface area (Å²) in [4.78, 5) is 22.8. The second kappa shape index (κ2) is 5.79. The molecule has 1 aromatic carbocycles. The van der Waals surface area contributed by atoms with Crippen LogP contribution < -0.4 is 10.6 Å². The lowest BCUT2D eigenvalue weighted by molar-refractivity contribution is -0.116. The molecule has 0 spiro atoms. The summed E-state index contributed by atoms with van der Waals surface area (Å²) < 4.78 is 13.0. The van der Waals surface area contributed by atoms with Crippen molar-refractivity contribution in [3.8, 4) is 0 Å². The van der Waals surface area contributed by atoms with E-state index in [9.17, 15) is 14.0 Å². The minimum atomic E-state index is -1.27. The Kier molecular flexibility index (Phi) is 4.11. The van der Waals surface area contributed by atoms with Gasteiger partial charge in [0.1, 0.15) is 5.82 Å². The fourth-order valence-corrected chi connectivity index (χ4v) is 2.15. The number of carbonyl (C=O) groups excluding carboxylic acids is 1. The van der Waals surface area contributed by atoms with Crippen LogP contribution in [0.3, 0.4) is 0 Å². The van der Waals surface area contributed by atoms with Crippen molar-refractivity contribution in [2.45, 2.75) is 12.8 Å². The first-order valence-electron chi connectivity index (χ1n) is 6.09. The topological polar surface area (TPSA) is 78.4 Å². The molecule has 1 fully saturated rings. The van der Waals surface area contributed by atoms with Crippen molar-refractivity contribution in [3.63, 3.8) is 0 Å². The molecule has 1 aliphatic rings. The first-order valence-corrected chi connectivity index (χ1v) is 6.09. The monoisotopic (exact) mass is 266 g/mol. The number of carbonyl (C=O) groups is 2. The normalized spacial score (nSPS) is 18.3. The highest BCUT2D eigenvalue weighted by Gasteiger charge is 2.19. The van der Waals surface area contributed by atoms with E-state index in [2.05, 4.69) is 10.6 Å². The second-order valence-electron chi connectivity index (χ2n) is 4.61. The van der Waals surface area contributed by atoms with Crippen molar-refractivity contribution in [2.24, 2.45) is 5.92 Å². The second-order valence-corrected chi connectivity index (χ2v) is 4.61. The molecular formula is C13H15FN2O3. The van der Waals surface area contributed by atoms with E-state index in [1.54, 1.807) is 0 Å². The van der Waals surface area contributed by atoms with Gasteiger partial charge in [-0.05, 0) is 43.6 Å². The number of rotatable bonds is 4. The average molecular weight is 266 g/mol. The van der Waals surface area contributed by atoms with Crippen molar-refractivity contribution < 1.29 is 19.1 Å². The highest BCUT2D eigenvalue weighted by atomic mass is 19.1. The number of nitrogens with one attached hydrogen (secondary N) is 2. The van der Waals surface area contributed by atoms with E-state index in [0.29, 0.717) is 6.42 Å². The number of anilines is 1. The number of benzene rings is 1. The molecule has 1 aromatic rings. The molecule has 1 atom stereocenters. The Labute approximate surface area is 109 Å². The SMILES string of the molecule is O=C(CC1CCNC1)Nc1ccc(F)cc1C(=O)O. The molecule has 1 aliphatic heterocycles. The molecule has 0 aliphatic carbocycles. The van der Waals surface area contributed by atoms with Gasteiger partial charge in [0, 0.05) is 6.42 Å². The van der Waals surface area contributed by atoms with Gasteiger partial charge in [0.15, 0.2) is 0 Å². The van der Waals surface area contributed by atoms with E-state index >= 15 is 0 Å². The van der Waals surface area contributed by atoms with Crippen LogP contribution in [0.5, 0.6) is 0 Å². The average Bonchev–Trinajstić information content (AvgIpc) is 2.83. The van der Waals surface area contributed by atoms with Crippen molar-refractivity contribution in [2.75, 3.05) is 18.4 Å². The number of hydrogen-bond acceptors (Lipinski definition) is 3. The van der Waals surface area contributed by atoms with Crippen molar-refractivity contribution in [1.82, 2.24) is 5.32 Å². The zero-order valence-electron chi connectivity index (χ0n) is 10.3. The van der Waals surface area contributed by atoms with Crippen molar-refractivity contribution in [3.05, 3.63) is 29.6 Å². The molecule has 2 rings (SSSR count). The van der Waals surface area contributed by atoms with Gasteiger partial charge in [-0.1, -0.05) is 0 Å². The van der Waals surface area contributed by atoms with E-state index in [1.165, 1.54) is 6.07 Å². The zero-order chi connectivity index (χ0) is 13.8. The van der Waals surface area contributed by atoms with Gasteiger partial charge in [-0.3, -0.25) is 4.79 Å². The van der Waals surface area contributed by atoms with Gasteiger partial charge in [0.2, 0.25) is 5.91 Å². The van der Waals surface area contributed by atoms with Gasteiger partial charge in [0.05, 0.1) is 11.3 Å². The Morgan fingerprint density at radius 2 is 2.26 bits per heavy atom. The van der Waals surface area contributed by atoms with Crippen LogP contribution in [0.25, 0.3) is 0 Å². The molecule has 0 aromatic heterocycles. The fourth-order valence-electron chi connectivity index (χ4n) is 2.15. The molecule has 19 heavy (non-hydrogen) atoms. The van der Waals surface area contributed by atoms with Crippen LogP contribution in [-0.2, 0) is 4.79 Å². The third-order valence-electron chi connectivity index (χ3n) is 3.12. The van der Waals surface area contributed by atoms with Gasteiger partial charge in [-0.2, -0.15) is 0 Å². The standard InChI is InChI=1S/C13H15FN2O3/c14-9-1-2-11(10(6-9)13(18)19)16-12(17)5-8-3-4-15-7-8/h1-2,6,8,15H,3-5,7H2,(H,16,17)(H,18,19). The Balaban J connectivity index is 2.05. The molecule has 0 bridgehead atoms. The number of aromatic carboxylic acids is 1. The van der Waals surface area contributed by atoms with Crippen LogP contribution in [0.15, 0.2) is 18.2 Å². The minimum Gasteiger partial charge on any atom is -0.478 e. The number of carboxylic acids is 1. The van der Waals surface area contributed by atoms with Crippen LogP contribution in [0, 0.1) is 11.7 Å². The Hall–Kier alpha value is -1.95. The maximum Gasteiger partial charge on any atom is 0.337 e. The van der Waals surface area contributed by atoms with Crippen molar-refractivity contribution >= 4 is 17.6 Å². The van der Waals surface area contributed by atoms with E-state index in [4.69, 9.17) is 5.11 Å². The lowest BCUT2D eigenvalue weighted by Gasteiger charge is -2.11. The number of carboxylic acid groups (broad SMARTS) is 1. The highest BCUT2D eigenvalue weighted by Crippen LogP contribution is 2.19.